The highest BCUT2D eigenvalue weighted by Gasteiger charge is 2.28. The summed E-state index contributed by atoms with van der Waals surface area (Å²) < 4.78 is 34.8. The molecule has 4 heterocycles. The van der Waals surface area contributed by atoms with Crippen molar-refractivity contribution >= 4 is 28.8 Å². The van der Waals surface area contributed by atoms with Gasteiger partial charge in [0.25, 0.3) is 6.43 Å². The number of fused-ring (bicyclic) bond motifs is 1. The number of para-hydroxylation sites is 2. The SMILES string of the molecule is C[C@H](N)CC(=O)N1CCN(c2nc(N3CCOCC3)nc(-n3c(C(F)F)nc4ccccc43)n2)CC1. The van der Waals surface area contributed by atoms with E-state index in [9.17, 15) is 13.6 Å². The van der Waals surface area contributed by atoms with Crippen molar-refractivity contribution in [3.8, 4) is 5.95 Å². The van der Waals surface area contributed by atoms with Crippen molar-refractivity contribution in [1.82, 2.24) is 29.4 Å². The summed E-state index contributed by atoms with van der Waals surface area (Å²) in [5, 5.41) is 0. The van der Waals surface area contributed by atoms with Gasteiger partial charge in [0, 0.05) is 51.7 Å². The number of anilines is 2. The lowest BCUT2D eigenvalue weighted by molar-refractivity contribution is -0.131. The Labute approximate surface area is 206 Å². The van der Waals surface area contributed by atoms with Crippen molar-refractivity contribution in [1.29, 1.82) is 0 Å². The summed E-state index contributed by atoms with van der Waals surface area (Å²) >= 11 is 0. The minimum atomic E-state index is -2.82. The number of amides is 1. The van der Waals surface area contributed by atoms with Crippen molar-refractivity contribution in [3.05, 3.63) is 30.1 Å². The van der Waals surface area contributed by atoms with Gasteiger partial charge in [-0.05, 0) is 19.1 Å². The largest absolute Gasteiger partial charge is 0.378 e. The smallest absolute Gasteiger partial charge is 0.296 e. The first-order chi connectivity index (χ1) is 17.4. The number of carbonyl (C=O) groups is 1. The Bertz CT molecular complexity index is 1220. The molecule has 2 aliphatic rings. The van der Waals surface area contributed by atoms with Crippen molar-refractivity contribution in [2.45, 2.75) is 25.8 Å². The molecule has 13 heteroatoms. The van der Waals surface area contributed by atoms with E-state index < -0.39 is 12.2 Å². The predicted molar refractivity (Wildman–Crippen MR) is 130 cm³/mol. The van der Waals surface area contributed by atoms with E-state index in [1.165, 1.54) is 4.57 Å². The molecule has 11 nitrogen and oxygen atoms in total. The molecule has 36 heavy (non-hydrogen) atoms. The summed E-state index contributed by atoms with van der Waals surface area (Å²) in [6.07, 6.45) is -2.52. The lowest BCUT2D eigenvalue weighted by atomic mass is 10.2. The molecule has 1 amide bonds. The molecule has 2 aliphatic heterocycles. The first kappa shape index (κ1) is 24.3. The number of hydrogen-bond donors (Lipinski definition) is 1. The maximum Gasteiger partial charge on any atom is 0.296 e. The van der Waals surface area contributed by atoms with E-state index in [1.54, 1.807) is 36.1 Å². The van der Waals surface area contributed by atoms with Crippen molar-refractivity contribution in [2.24, 2.45) is 5.73 Å². The Balaban J connectivity index is 1.52. The number of nitrogens with two attached hydrogens (primary N) is 1. The summed E-state index contributed by atoms with van der Waals surface area (Å²) in [6.45, 7) is 6.00. The van der Waals surface area contributed by atoms with Crippen molar-refractivity contribution < 1.29 is 18.3 Å². The zero-order chi connectivity index (χ0) is 25.2. The number of carbonyl (C=O) groups excluding carboxylic acids is 1. The minimum absolute atomic E-state index is 0.0152. The van der Waals surface area contributed by atoms with Gasteiger partial charge in [-0.25, -0.2) is 13.8 Å². The number of benzene rings is 1. The molecule has 0 unspecified atom stereocenters. The van der Waals surface area contributed by atoms with Gasteiger partial charge in [0.2, 0.25) is 23.8 Å². The van der Waals surface area contributed by atoms with Gasteiger partial charge in [-0.2, -0.15) is 15.0 Å². The maximum atomic E-state index is 14.0. The fourth-order valence-electron chi connectivity index (χ4n) is 4.45. The molecule has 0 radical (unpaired) electrons. The van der Waals surface area contributed by atoms with Gasteiger partial charge in [0.15, 0.2) is 5.82 Å². The number of rotatable bonds is 6. The van der Waals surface area contributed by atoms with Crippen LogP contribution < -0.4 is 15.5 Å². The fraction of sp³-hybridized carbons (Fsp3) is 0.522. The molecule has 1 atom stereocenters. The standard InChI is InChI=1S/C23H29F2N9O2/c1-15(26)14-18(35)31-6-8-32(9-7-31)21-28-22(33-10-12-36-13-11-33)30-23(29-21)34-17-5-3-2-4-16(17)27-20(34)19(24)25/h2-5,15,19H,6-14,26H2,1H3/t15-/m0/s1. The lowest BCUT2D eigenvalue weighted by Gasteiger charge is -2.35. The molecule has 3 aromatic rings. The quantitative estimate of drug-likeness (QED) is 0.534. The van der Waals surface area contributed by atoms with Crippen LogP contribution in [0.1, 0.15) is 25.6 Å². The molecule has 1 aromatic carbocycles. The molecule has 0 spiro atoms. The molecule has 2 saturated heterocycles. The number of halogens is 2. The second-order valence-corrected chi connectivity index (χ2v) is 8.98. The summed E-state index contributed by atoms with van der Waals surface area (Å²) in [5.74, 6) is 0.445. The van der Waals surface area contributed by atoms with E-state index in [0.29, 0.717) is 81.8 Å². The molecule has 192 valence electrons. The zero-order valence-electron chi connectivity index (χ0n) is 20.1. The Morgan fingerprint density at radius 1 is 0.944 bits per heavy atom. The number of alkyl halides is 2. The highest BCUT2D eigenvalue weighted by atomic mass is 19.3. The topological polar surface area (TPSA) is 119 Å². The van der Waals surface area contributed by atoms with Crippen molar-refractivity contribution in [2.75, 3.05) is 62.3 Å². The fourth-order valence-corrected chi connectivity index (χ4v) is 4.45. The van der Waals surface area contributed by atoms with Crippen LogP contribution in [0.5, 0.6) is 0 Å². The molecule has 0 bridgehead atoms. The molecule has 2 N–H and O–H groups in total. The number of nitrogens with zero attached hydrogens (tertiary/aromatic N) is 8. The third-order valence-electron chi connectivity index (χ3n) is 6.29. The Kier molecular flexibility index (Phi) is 6.92. The van der Waals surface area contributed by atoms with Gasteiger partial charge in [-0.15, -0.1) is 0 Å². The van der Waals surface area contributed by atoms with Crippen LogP contribution in [0.4, 0.5) is 20.7 Å². The summed E-state index contributed by atoms with van der Waals surface area (Å²) in [6, 6.07) is 6.71. The number of hydrogen-bond acceptors (Lipinski definition) is 9. The number of ether oxygens (including phenoxy) is 1. The van der Waals surface area contributed by atoms with E-state index in [2.05, 4.69) is 15.0 Å². The van der Waals surface area contributed by atoms with Crippen molar-refractivity contribution in [3.63, 3.8) is 0 Å². The molecule has 0 aliphatic carbocycles. The Morgan fingerprint density at radius 2 is 1.56 bits per heavy atom. The van der Waals surface area contributed by atoms with E-state index in [4.69, 9.17) is 15.5 Å². The number of morpholine rings is 1. The number of piperazine rings is 1. The third kappa shape index (κ3) is 4.93. The Hall–Kier alpha value is -3.45. The van der Waals surface area contributed by atoms with E-state index in [1.807, 2.05) is 9.80 Å². The van der Waals surface area contributed by atoms with E-state index in [-0.39, 0.29) is 17.9 Å². The van der Waals surface area contributed by atoms with Crippen LogP contribution in [-0.4, -0.2) is 93.8 Å². The van der Waals surface area contributed by atoms with Crippen LogP contribution in [0.15, 0.2) is 24.3 Å². The van der Waals surface area contributed by atoms with Crippen LogP contribution in [0.3, 0.4) is 0 Å². The average molecular weight is 502 g/mol. The zero-order valence-corrected chi connectivity index (χ0v) is 20.1. The Morgan fingerprint density at radius 3 is 2.19 bits per heavy atom. The van der Waals surface area contributed by atoms with Crippen LogP contribution in [0.25, 0.3) is 17.0 Å². The highest BCUT2D eigenvalue weighted by molar-refractivity contribution is 5.78. The van der Waals surface area contributed by atoms with Gasteiger partial charge in [-0.3, -0.25) is 9.36 Å². The monoisotopic (exact) mass is 501 g/mol. The predicted octanol–water partition coefficient (Wildman–Crippen LogP) is 1.37. The van der Waals surface area contributed by atoms with Crippen LogP contribution in [-0.2, 0) is 9.53 Å². The number of aromatic nitrogens is 5. The van der Waals surface area contributed by atoms with E-state index in [0.717, 1.165) is 0 Å². The molecular formula is C23H29F2N9O2. The molecular weight excluding hydrogens is 472 g/mol. The van der Waals surface area contributed by atoms with Gasteiger partial charge in [0.1, 0.15) is 0 Å². The van der Waals surface area contributed by atoms with Gasteiger partial charge >= 0.3 is 0 Å². The van der Waals surface area contributed by atoms with Crippen LogP contribution in [0.2, 0.25) is 0 Å². The maximum absolute atomic E-state index is 14.0. The molecule has 2 fully saturated rings. The van der Waals surface area contributed by atoms with Crippen LogP contribution >= 0.6 is 0 Å². The summed E-state index contributed by atoms with van der Waals surface area (Å²) in [5.41, 5.74) is 6.71. The minimum Gasteiger partial charge on any atom is -0.378 e. The lowest BCUT2D eigenvalue weighted by Crippen LogP contribution is -2.50. The number of imidazole rings is 1. The third-order valence-corrected chi connectivity index (χ3v) is 6.29. The average Bonchev–Trinajstić information content (AvgIpc) is 3.29. The summed E-state index contributed by atoms with van der Waals surface area (Å²) in [7, 11) is 0. The second-order valence-electron chi connectivity index (χ2n) is 8.98. The first-order valence-electron chi connectivity index (χ1n) is 12.0. The van der Waals surface area contributed by atoms with E-state index >= 15 is 0 Å². The molecule has 5 rings (SSSR count). The first-order valence-corrected chi connectivity index (χ1v) is 12.0. The van der Waals surface area contributed by atoms with Crippen LogP contribution in [0, 0.1) is 0 Å². The van der Waals surface area contributed by atoms with Gasteiger partial charge in [0.05, 0.1) is 24.2 Å². The second kappa shape index (κ2) is 10.3. The van der Waals surface area contributed by atoms with Gasteiger partial charge in [-0.1, -0.05) is 12.1 Å². The summed E-state index contributed by atoms with van der Waals surface area (Å²) in [4.78, 5) is 36.2. The normalized spacial score (nSPS) is 17.8. The molecule has 0 saturated carbocycles. The highest BCUT2D eigenvalue weighted by Crippen LogP contribution is 2.28. The molecule has 2 aromatic heterocycles. The van der Waals surface area contributed by atoms with Gasteiger partial charge < -0.3 is 25.2 Å².